The third kappa shape index (κ3) is 2.21. The molecule has 2 heterocycles. The average molecular weight is 289 g/mol. The summed E-state index contributed by atoms with van der Waals surface area (Å²) in [5.41, 5.74) is 8.13. The molecule has 0 aliphatic rings. The molecule has 0 amide bonds. The van der Waals surface area contributed by atoms with Crippen molar-refractivity contribution in [1.82, 2.24) is 14.5 Å². The lowest BCUT2D eigenvalue weighted by Gasteiger charge is -2.07. The Kier molecular flexibility index (Phi) is 3.30. The minimum Gasteiger partial charge on any atom is -0.437 e. The second-order valence-corrected chi connectivity index (χ2v) is 4.81. The Bertz CT molecular complexity index is 769. The molecule has 0 bridgehead atoms. The summed E-state index contributed by atoms with van der Waals surface area (Å²) in [4.78, 5) is 8.51. The first kappa shape index (κ1) is 12.9. The Labute approximate surface area is 121 Å². The van der Waals surface area contributed by atoms with E-state index in [4.69, 9.17) is 22.1 Å². The molecule has 0 atom stereocenters. The lowest BCUT2D eigenvalue weighted by molar-refractivity contribution is 0.468. The van der Waals surface area contributed by atoms with Gasteiger partial charge in [0.15, 0.2) is 5.52 Å². The van der Waals surface area contributed by atoms with Crippen LogP contribution in [0.25, 0.3) is 11.0 Å². The van der Waals surface area contributed by atoms with Gasteiger partial charge >= 0.3 is 0 Å². The predicted octanol–water partition coefficient (Wildman–Crippen LogP) is 2.87. The van der Waals surface area contributed by atoms with E-state index in [9.17, 15) is 0 Å². The van der Waals surface area contributed by atoms with Crippen LogP contribution in [0.15, 0.2) is 36.8 Å². The molecule has 20 heavy (non-hydrogen) atoms. The lowest BCUT2D eigenvalue weighted by atomic mass is 10.2. The van der Waals surface area contributed by atoms with Crippen molar-refractivity contribution in [2.45, 2.75) is 6.54 Å². The van der Waals surface area contributed by atoms with Crippen LogP contribution in [0.1, 0.15) is 5.56 Å². The molecule has 0 fully saturated rings. The molecule has 2 aromatic heterocycles. The molecule has 0 saturated heterocycles. The van der Waals surface area contributed by atoms with Gasteiger partial charge in [-0.05, 0) is 23.8 Å². The first-order valence-corrected chi connectivity index (χ1v) is 6.49. The zero-order valence-corrected chi connectivity index (χ0v) is 11.6. The van der Waals surface area contributed by atoms with Crippen LogP contribution in [0.4, 0.5) is 0 Å². The van der Waals surface area contributed by atoms with Crippen LogP contribution in [0, 0.1) is 0 Å². The molecular formula is C14H13ClN4O. The number of imidazole rings is 1. The highest BCUT2D eigenvalue weighted by molar-refractivity contribution is 6.31. The van der Waals surface area contributed by atoms with E-state index in [2.05, 4.69) is 9.97 Å². The van der Waals surface area contributed by atoms with Gasteiger partial charge in [-0.15, -0.1) is 0 Å². The maximum absolute atomic E-state index is 6.12. The Balaban J connectivity index is 1.99. The van der Waals surface area contributed by atoms with Crippen molar-refractivity contribution in [3.8, 4) is 11.6 Å². The van der Waals surface area contributed by atoms with Gasteiger partial charge in [0.05, 0.1) is 11.8 Å². The van der Waals surface area contributed by atoms with Gasteiger partial charge in [0, 0.05) is 24.8 Å². The molecule has 102 valence electrons. The number of ether oxygens (including phenoxy) is 1. The predicted molar refractivity (Wildman–Crippen MR) is 77.9 cm³/mol. The van der Waals surface area contributed by atoms with E-state index in [1.807, 2.05) is 29.8 Å². The fourth-order valence-electron chi connectivity index (χ4n) is 1.98. The number of aromatic nitrogens is 3. The summed E-state index contributed by atoms with van der Waals surface area (Å²) in [6.45, 7) is 0.396. The van der Waals surface area contributed by atoms with Gasteiger partial charge in [0.1, 0.15) is 5.75 Å². The van der Waals surface area contributed by atoms with E-state index >= 15 is 0 Å². The molecule has 0 spiro atoms. The quantitative estimate of drug-likeness (QED) is 0.805. The van der Waals surface area contributed by atoms with E-state index in [1.54, 1.807) is 18.6 Å². The van der Waals surface area contributed by atoms with Crippen LogP contribution in [0.5, 0.6) is 11.6 Å². The number of hydrogen-bond donors (Lipinski definition) is 1. The van der Waals surface area contributed by atoms with Crippen LogP contribution >= 0.6 is 11.6 Å². The highest BCUT2D eigenvalue weighted by atomic mass is 35.5. The fourth-order valence-corrected chi connectivity index (χ4v) is 2.23. The molecule has 6 heteroatoms. The van der Waals surface area contributed by atoms with Crippen LogP contribution < -0.4 is 10.5 Å². The number of halogens is 1. The number of fused-ring (bicyclic) bond motifs is 1. The minimum atomic E-state index is 0.396. The smallest absolute Gasteiger partial charge is 0.247 e. The van der Waals surface area contributed by atoms with E-state index in [0.717, 1.165) is 11.1 Å². The average Bonchev–Trinajstić information content (AvgIpc) is 2.82. The van der Waals surface area contributed by atoms with Crippen LogP contribution in [0.2, 0.25) is 5.02 Å². The molecule has 5 nitrogen and oxygen atoms in total. The van der Waals surface area contributed by atoms with Gasteiger partial charge in [0.25, 0.3) is 0 Å². The van der Waals surface area contributed by atoms with Crippen molar-refractivity contribution in [1.29, 1.82) is 0 Å². The van der Waals surface area contributed by atoms with Gasteiger partial charge in [0.2, 0.25) is 5.88 Å². The summed E-state index contributed by atoms with van der Waals surface area (Å²) in [5.74, 6) is 1.07. The van der Waals surface area contributed by atoms with Crippen molar-refractivity contribution >= 4 is 22.6 Å². The third-order valence-corrected chi connectivity index (χ3v) is 3.42. The first-order valence-electron chi connectivity index (χ1n) is 6.11. The number of benzene rings is 1. The molecule has 3 aromatic rings. The summed E-state index contributed by atoms with van der Waals surface area (Å²) in [7, 11) is 1.92. The zero-order valence-electron chi connectivity index (χ0n) is 10.9. The van der Waals surface area contributed by atoms with E-state index in [1.165, 1.54) is 0 Å². The first-order chi connectivity index (χ1) is 9.69. The van der Waals surface area contributed by atoms with E-state index in [0.29, 0.717) is 28.7 Å². The number of hydrogen-bond acceptors (Lipinski definition) is 4. The summed E-state index contributed by atoms with van der Waals surface area (Å²) < 4.78 is 7.68. The van der Waals surface area contributed by atoms with Crippen LogP contribution in [-0.2, 0) is 13.6 Å². The molecule has 3 rings (SSSR count). The lowest BCUT2D eigenvalue weighted by Crippen LogP contribution is -1.97. The number of pyridine rings is 1. The molecule has 1 aromatic carbocycles. The molecule has 0 radical (unpaired) electrons. The Morgan fingerprint density at radius 2 is 2.15 bits per heavy atom. The van der Waals surface area contributed by atoms with Crippen LogP contribution in [-0.4, -0.2) is 14.5 Å². The normalized spacial score (nSPS) is 10.9. The van der Waals surface area contributed by atoms with Crippen molar-refractivity contribution in [2.24, 2.45) is 12.8 Å². The van der Waals surface area contributed by atoms with E-state index in [-0.39, 0.29) is 0 Å². The summed E-state index contributed by atoms with van der Waals surface area (Å²) in [5, 5.41) is 0.582. The number of nitrogens with two attached hydrogens (primary N) is 1. The second-order valence-electron chi connectivity index (χ2n) is 4.40. The van der Waals surface area contributed by atoms with Gasteiger partial charge in [-0.25, -0.2) is 9.97 Å². The molecule has 0 unspecified atom stereocenters. The summed E-state index contributed by atoms with van der Waals surface area (Å²) in [6.07, 6.45) is 3.42. The van der Waals surface area contributed by atoms with Gasteiger partial charge in [-0.2, -0.15) is 0 Å². The van der Waals surface area contributed by atoms with Gasteiger partial charge in [-0.3, -0.25) is 0 Å². The Morgan fingerprint density at radius 1 is 1.30 bits per heavy atom. The highest BCUT2D eigenvalue weighted by Gasteiger charge is 2.10. The minimum absolute atomic E-state index is 0.396. The summed E-state index contributed by atoms with van der Waals surface area (Å²) >= 11 is 6.12. The van der Waals surface area contributed by atoms with Gasteiger partial charge in [-0.1, -0.05) is 17.7 Å². The topological polar surface area (TPSA) is 66.0 Å². The summed E-state index contributed by atoms with van der Waals surface area (Å²) in [6, 6.07) is 7.28. The highest BCUT2D eigenvalue weighted by Crippen LogP contribution is 2.29. The molecule has 2 N–H and O–H groups in total. The van der Waals surface area contributed by atoms with Crippen molar-refractivity contribution in [2.75, 3.05) is 0 Å². The van der Waals surface area contributed by atoms with Crippen molar-refractivity contribution in [3.63, 3.8) is 0 Å². The standard InChI is InChI=1S/C14H13ClN4O/c1-19-8-18-13-12(19)4-5-17-14(13)20-10-3-2-9(7-16)11(15)6-10/h2-6,8H,7,16H2,1H3. The maximum Gasteiger partial charge on any atom is 0.247 e. The molecular weight excluding hydrogens is 276 g/mol. The molecule has 0 aliphatic heterocycles. The number of rotatable bonds is 3. The van der Waals surface area contributed by atoms with Crippen molar-refractivity contribution in [3.05, 3.63) is 47.4 Å². The SMILES string of the molecule is Cn1cnc2c(Oc3ccc(CN)c(Cl)c3)nccc21. The Morgan fingerprint density at radius 3 is 2.90 bits per heavy atom. The molecule has 0 aliphatic carbocycles. The Hall–Kier alpha value is -2.11. The molecule has 0 saturated carbocycles. The number of aryl methyl sites for hydroxylation is 1. The van der Waals surface area contributed by atoms with Crippen molar-refractivity contribution < 1.29 is 4.74 Å². The monoisotopic (exact) mass is 288 g/mol. The van der Waals surface area contributed by atoms with Gasteiger partial charge < -0.3 is 15.0 Å². The zero-order chi connectivity index (χ0) is 14.1. The second kappa shape index (κ2) is 5.11. The number of nitrogens with zero attached hydrogens (tertiary/aromatic N) is 3. The maximum atomic E-state index is 6.12. The van der Waals surface area contributed by atoms with Crippen LogP contribution in [0.3, 0.4) is 0 Å². The fraction of sp³-hybridized carbons (Fsp3) is 0.143. The third-order valence-electron chi connectivity index (χ3n) is 3.07. The van der Waals surface area contributed by atoms with E-state index < -0.39 is 0 Å². The largest absolute Gasteiger partial charge is 0.437 e.